The SMILES string of the molecule is NC(=S)C1CCN(C(=O)c2sccc2Br)CC1. The molecule has 1 aliphatic rings. The maximum absolute atomic E-state index is 12.2. The number of hydrogen-bond acceptors (Lipinski definition) is 3. The average molecular weight is 333 g/mol. The number of piperidine rings is 1. The van der Waals surface area contributed by atoms with Crippen molar-refractivity contribution in [2.75, 3.05) is 13.1 Å². The van der Waals surface area contributed by atoms with Crippen LogP contribution in [-0.2, 0) is 0 Å². The third kappa shape index (κ3) is 2.86. The summed E-state index contributed by atoms with van der Waals surface area (Å²) in [5.74, 6) is 0.397. The molecule has 0 spiro atoms. The van der Waals surface area contributed by atoms with Crippen LogP contribution < -0.4 is 5.73 Å². The first-order valence-corrected chi connectivity index (χ1v) is 7.49. The van der Waals surface area contributed by atoms with E-state index in [1.165, 1.54) is 11.3 Å². The molecule has 0 unspecified atom stereocenters. The highest BCUT2D eigenvalue weighted by Crippen LogP contribution is 2.26. The van der Waals surface area contributed by atoms with E-state index in [1.54, 1.807) is 0 Å². The van der Waals surface area contributed by atoms with Gasteiger partial charge in [-0.25, -0.2) is 0 Å². The number of rotatable bonds is 2. The molecule has 17 heavy (non-hydrogen) atoms. The lowest BCUT2D eigenvalue weighted by Crippen LogP contribution is -2.41. The Morgan fingerprint density at radius 3 is 2.65 bits per heavy atom. The van der Waals surface area contributed by atoms with Crippen molar-refractivity contribution in [2.45, 2.75) is 12.8 Å². The molecule has 1 fully saturated rings. The summed E-state index contributed by atoms with van der Waals surface area (Å²) in [6, 6.07) is 1.90. The van der Waals surface area contributed by atoms with Crippen molar-refractivity contribution in [3.05, 3.63) is 20.8 Å². The molecule has 92 valence electrons. The number of carbonyl (C=O) groups excluding carboxylic acids is 1. The van der Waals surface area contributed by atoms with E-state index in [4.69, 9.17) is 18.0 Å². The Balaban J connectivity index is 2.00. The summed E-state index contributed by atoms with van der Waals surface area (Å²) in [5, 5.41) is 1.92. The molecule has 2 heterocycles. The van der Waals surface area contributed by atoms with Crippen LogP contribution in [0.5, 0.6) is 0 Å². The molecule has 1 saturated heterocycles. The highest BCUT2D eigenvalue weighted by Gasteiger charge is 2.26. The summed E-state index contributed by atoms with van der Waals surface area (Å²) < 4.78 is 0.879. The molecule has 1 aromatic heterocycles. The third-order valence-corrected chi connectivity index (χ3v) is 5.15. The predicted octanol–water partition coefficient (Wildman–Crippen LogP) is 2.65. The first kappa shape index (κ1) is 13.0. The van der Waals surface area contributed by atoms with E-state index in [9.17, 15) is 4.79 Å². The lowest BCUT2D eigenvalue weighted by molar-refractivity contribution is 0.0714. The van der Waals surface area contributed by atoms with Crippen LogP contribution in [0, 0.1) is 5.92 Å². The largest absolute Gasteiger partial charge is 0.393 e. The van der Waals surface area contributed by atoms with Crippen LogP contribution in [0.1, 0.15) is 22.5 Å². The molecule has 1 amide bonds. The highest BCUT2D eigenvalue weighted by molar-refractivity contribution is 9.10. The highest BCUT2D eigenvalue weighted by atomic mass is 79.9. The molecule has 0 bridgehead atoms. The van der Waals surface area contributed by atoms with E-state index in [-0.39, 0.29) is 5.91 Å². The molecule has 0 radical (unpaired) electrons. The second kappa shape index (κ2) is 5.46. The normalized spacial score (nSPS) is 17.1. The van der Waals surface area contributed by atoms with Gasteiger partial charge in [-0.15, -0.1) is 11.3 Å². The third-order valence-electron chi connectivity index (χ3n) is 3.00. The topological polar surface area (TPSA) is 46.3 Å². The van der Waals surface area contributed by atoms with Gasteiger partial charge in [0.05, 0.1) is 4.99 Å². The monoisotopic (exact) mass is 332 g/mol. The summed E-state index contributed by atoms with van der Waals surface area (Å²) in [6.07, 6.45) is 1.76. The number of amides is 1. The van der Waals surface area contributed by atoms with Gasteiger partial charge in [-0.3, -0.25) is 4.79 Å². The van der Waals surface area contributed by atoms with Crippen LogP contribution in [0.25, 0.3) is 0 Å². The molecular formula is C11H13BrN2OS2. The Bertz CT molecular complexity index is 438. The first-order valence-electron chi connectivity index (χ1n) is 5.41. The fourth-order valence-electron chi connectivity index (χ4n) is 1.96. The van der Waals surface area contributed by atoms with Gasteiger partial charge in [0.15, 0.2) is 0 Å². The zero-order valence-corrected chi connectivity index (χ0v) is 12.4. The Morgan fingerprint density at radius 2 is 2.18 bits per heavy atom. The van der Waals surface area contributed by atoms with E-state index in [2.05, 4.69) is 15.9 Å². The molecule has 2 N–H and O–H groups in total. The maximum atomic E-state index is 12.2. The van der Waals surface area contributed by atoms with Crippen LogP contribution in [0.3, 0.4) is 0 Å². The Kier molecular flexibility index (Phi) is 4.17. The molecule has 1 aliphatic heterocycles. The fraction of sp³-hybridized carbons (Fsp3) is 0.455. The number of nitrogens with two attached hydrogens (primary N) is 1. The lowest BCUT2D eigenvalue weighted by atomic mass is 9.97. The first-order chi connectivity index (χ1) is 8.09. The maximum Gasteiger partial charge on any atom is 0.265 e. The Morgan fingerprint density at radius 1 is 1.53 bits per heavy atom. The van der Waals surface area contributed by atoms with Crippen molar-refractivity contribution < 1.29 is 4.79 Å². The molecule has 0 atom stereocenters. The minimum atomic E-state index is 0.105. The van der Waals surface area contributed by atoms with E-state index >= 15 is 0 Å². The van der Waals surface area contributed by atoms with E-state index in [0.29, 0.717) is 10.9 Å². The van der Waals surface area contributed by atoms with E-state index < -0.39 is 0 Å². The predicted molar refractivity (Wildman–Crippen MR) is 77.4 cm³/mol. The van der Waals surface area contributed by atoms with E-state index in [1.807, 2.05) is 16.3 Å². The van der Waals surface area contributed by atoms with Gasteiger partial charge in [0, 0.05) is 23.5 Å². The van der Waals surface area contributed by atoms with Crippen LogP contribution in [-0.4, -0.2) is 28.9 Å². The number of carbonyl (C=O) groups is 1. The number of nitrogens with zero attached hydrogens (tertiary/aromatic N) is 1. The van der Waals surface area contributed by atoms with E-state index in [0.717, 1.165) is 35.3 Å². The van der Waals surface area contributed by atoms with Crippen molar-refractivity contribution in [1.29, 1.82) is 0 Å². The van der Waals surface area contributed by atoms with Gasteiger partial charge in [-0.2, -0.15) is 0 Å². The van der Waals surface area contributed by atoms with Gasteiger partial charge in [0.2, 0.25) is 0 Å². The summed E-state index contributed by atoms with van der Waals surface area (Å²) in [7, 11) is 0. The molecule has 0 aromatic carbocycles. The molecule has 0 aliphatic carbocycles. The molecule has 2 rings (SSSR count). The quantitative estimate of drug-likeness (QED) is 0.847. The number of thiocarbonyl (C=S) groups is 1. The number of hydrogen-bond donors (Lipinski definition) is 1. The molecule has 0 saturated carbocycles. The smallest absolute Gasteiger partial charge is 0.265 e. The summed E-state index contributed by atoms with van der Waals surface area (Å²) >= 11 is 9.85. The van der Waals surface area contributed by atoms with Gasteiger partial charge in [-0.05, 0) is 40.2 Å². The average Bonchev–Trinajstić information content (AvgIpc) is 2.74. The standard InChI is InChI=1S/C11H13BrN2OS2/c12-8-3-6-17-9(8)11(15)14-4-1-7(2-5-14)10(13)16/h3,6-7H,1-2,4-5H2,(H2,13,16). The number of thiophene rings is 1. The van der Waals surface area contributed by atoms with Gasteiger partial charge in [0.1, 0.15) is 4.88 Å². The second-order valence-corrected chi connectivity index (χ2v) is 6.31. The summed E-state index contributed by atoms with van der Waals surface area (Å²) in [4.78, 5) is 15.4. The van der Waals surface area contributed by atoms with Crippen molar-refractivity contribution in [2.24, 2.45) is 11.7 Å². The second-order valence-electron chi connectivity index (χ2n) is 4.07. The summed E-state index contributed by atoms with van der Waals surface area (Å²) in [6.45, 7) is 1.48. The van der Waals surface area contributed by atoms with Gasteiger partial charge in [-0.1, -0.05) is 12.2 Å². The minimum Gasteiger partial charge on any atom is -0.393 e. The number of halogens is 1. The number of likely N-dealkylation sites (tertiary alicyclic amines) is 1. The van der Waals surface area contributed by atoms with Crippen LogP contribution in [0.2, 0.25) is 0 Å². The molecule has 3 nitrogen and oxygen atoms in total. The molecule has 1 aromatic rings. The van der Waals surface area contributed by atoms with Gasteiger partial charge in [0.25, 0.3) is 5.91 Å². The minimum absolute atomic E-state index is 0.105. The fourth-order valence-corrected chi connectivity index (χ4v) is 3.70. The Hall–Kier alpha value is -0.460. The molecule has 6 heteroatoms. The van der Waals surface area contributed by atoms with Gasteiger partial charge < -0.3 is 10.6 Å². The van der Waals surface area contributed by atoms with Crippen molar-refractivity contribution in [3.63, 3.8) is 0 Å². The zero-order valence-electron chi connectivity index (χ0n) is 9.19. The van der Waals surface area contributed by atoms with Crippen LogP contribution >= 0.6 is 39.5 Å². The van der Waals surface area contributed by atoms with Crippen LogP contribution in [0.15, 0.2) is 15.9 Å². The van der Waals surface area contributed by atoms with Crippen LogP contribution in [0.4, 0.5) is 0 Å². The van der Waals surface area contributed by atoms with Gasteiger partial charge >= 0.3 is 0 Å². The van der Waals surface area contributed by atoms with Crippen molar-refractivity contribution in [1.82, 2.24) is 4.90 Å². The van der Waals surface area contributed by atoms with Crippen molar-refractivity contribution in [3.8, 4) is 0 Å². The Labute approximate surface area is 118 Å². The zero-order chi connectivity index (χ0) is 12.4. The summed E-state index contributed by atoms with van der Waals surface area (Å²) in [5.41, 5.74) is 5.63. The lowest BCUT2D eigenvalue weighted by Gasteiger charge is -2.31. The van der Waals surface area contributed by atoms with Crippen molar-refractivity contribution >= 4 is 50.4 Å². The molecular weight excluding hydrogens is 320 g/mol.